The summed E-state index contributed by atoms with van der Waals surface area (Å²) in [7, 11) is 0. The fourth-order valence-electron chi connectivity index (χ4n) is 3.19. The van der Waals surface area contributed by atoms with Gasteiger partial charge in [-0.15, -0.1) is 0 Å². The van der Waals surface area contributed by atoms with Gasteiger partial charge in [0.15, 0.2) is 0 Å². The van der Waals surface area contributed by atoms with E-state index in [1.807, 2.05) is 12.1 Å². The van der Waals surface area contributed by atoms with E-state index < -0.39 is 27.1 Å². The lowest BCUT2D eigenvalue weighted by atomic mass is 10.1. The predicted molar refractivity (Wildman–Crippen MR) is 104 cm³/mol. The molecule has 2 aromatic carbocycles. The third-order valence-electron chi connectivity index (χ3n) is 4.75. The fourth-order valence-corrected chi connectivity index (χ4v) is 3.31. The average Bonchev–Trinajstić information content (AvgIpc) is 2.68. The maximum atomic E-state index is 12.8. The first-order valence-electron chi connectivity index (χ1n) is 8.51. The predicted octanol–water partition coefficient (Wildman–Crippen LogP) is 3.43. The molecule has 1 heterocycles. The van der Waals surface area contributed by atoms with E-state index in [0.29, 0.717) is 31.2 Å². The molecule has 0 bridgehead atoms. The topological polar surface area (TPSA) is 110 Å². The molecule has 1 aliphatic heterocycles. The first-order valence-corrected chi connectivity index (χ1v) is 8.89. The molecular weight excluding hydrogens is 388 g/mol. The number of benzene rings is 2. The Morgan fingerprint density at radius 3 is 1.93 bits per heavy atom. The van der Waals surface area contributed by atoms with E-state index in [4.69, 9.17) is 11.6 Å². The summed E-state index contributed by atoms with van der Waals surface area (Å²) in [6.45, 7) is 3.25. The van der Waals surface area contributed by atoms with Crippen molar-refractivity contribution in [1.29, 1.82) is 0 Å². The van der Waals surface area contributed by atoms with Gasteiger partial charge in [-0.1, -0.05) is 11.6 Å². The van der Waals surface area contributed by atoms with Crippen LogP contribution in [0, 0.1) is 27.2 Å². The lowest BCUT2D eigenvalue weighted by Crippen LogP contribution is -2.48. The molecule has 0 unspecified atom stereocenters. The lowest BCUT2D eigenvalue weighted by Gasteiger charge is -2.36. The number of hydrogen-bond donors (Lipinski definition) is 0. The Balaban J connectivity index is 1.79. The Bertz CT molecular complexity index is 904. The normalized spacial score (nSPS) is 14.1. The van der Waals surface area contributed by atoms with E-state index in [-0.39, 0.29) is 11.1 Å². The molecule has 9 nitrogen and oxygen atoms in total. The van der Waals surface area contributed by atoms with Gasteiger partial charge in [-0.25, -0.2) is 0 Å². The molecule has 1 fully saturated rings. The van der Waals surface area contributed by atoms with Crippen LogP contribution in [-0.4, -0.2) is 46.8 Å². The minimum Gasteiger partial charge on any atom is -0.368 e. The molecule has 1 aliphatic rings. The van der Waals surface area contributed by atoms with E-state index in [1.54, 1.807) is 17.0 Å². The molecule has 3 rings (SSSR count). The molecule has 0 spiro atoms. The maximum absolute atomic E-state index is 12.8. The highest BCUT2D eigenvalue weighted by atomic mass is 35.5. The zero-order valence-electron chi connectivity index (χ0n) is 15.0. The summed E-state index contributed by atoms with van der Waals surface area (Å²) in [5.74, 6) is -0.457. The third kappa shape index (κ3) is 3.89. The molecule has 10 heteroatoms. The Hall–Kier alpha value is -3.20. The van der Waals surface area contributed by atoms with E-state index in [9.17, 15) is 25.0 Å². The van der Waals surface area contributed by atoms with Crippen molar-refractivity contribution in [2.24, 2.45) is 0 Å². The number of nitro groups is 2. The largest absolute Gasteiger partial charge is 0.368 e. The molecule has 0 saturated carbocycles. The standard InChI is InChI=1S/C18H17ClN4O5/c1-12-16(22(25)26)10-13(11-17(12)23(27)28)18(24)21-8-6-20(7-9-21)15-4-2-14(19)3-5-15/h2-5,10-11H,6-9H2,1H3. The minimum atomic E-state index is -0.711. The van der Waals surface area contributed by atoms with Crippen LogP contribution in [0.1, 0.15) is 15.9 Å². The van der Waals surface area contributed by atoms with Crippen molar-refractivity contribution < 1.29 is 14.6 Å². The molecule has 1 amide bonds. The van der Waals surface area contributed by atoms with Crippen molar-refractivity contribution in [3.8, 4) is 0 Å². The van der Waals surface area contributed by atoms with Gasteiger partial charge in [-0.3, -0.25) is 25.0 Å². The van der Waals surface area contributed by atoms with Crippen molar-refractivity contribution in [2.75, 3.05) is 31.1 Å². The molecule has 0 N–H and O–H groups in total. The highest BCUT2D eigenvalue weighted by Crippen LogP contribution is 2.30. The number of nitro benzene ring substituents is 2. The quantitative estimate of drug-likeness (QED) is 0.570. The molecule has 0 aliphatic carbocycles. The number of anilines is 1. The van der Waals surface area contributed by atoms with E-state index in [1.165, 1.54) is 6.92 Å². The monoisotopic (exact) mass is 404 g/mol. The van der Waals surface area contributed by atoms with Crippen LogP contribution in [0.2, 0.25) is 5.02 Å². The Kier molecular flexibility index (Phi) is 5.46. The van der Waals surface area contributed by atoms with Crippen LogP contribution in [0.4, 0.5) is 17.1 Å². The van der Waals surface area contributed by atoms with Crippen LogP contribution >= 0.6 is 11.6 Å². The van der Waals surface area contributed by atoms with Crippen molar-refractivity contribution >= 4 is 34.6 Å². The molecule has 0 aromatic heterocycles. The number of rotatable bonds is 4. The second-order valence-electron chi connectivity index (χ2n) is 6.41. The van der Waals surface area contributed by atoms with Gasteiger partial charge in [-0.2, -0.15) is 0 Å². The maximum Gasteiger partial charge on any atom is 0.279 e. The van der Waals surface area contributed by atoms with Crippen molar-refractivity contribution in [2.45, 2.75) is 6.92 Å². The van der Waals surface area contributed by atoms with E-state index in [2.05, 4.69) is 4.90 Å². The summed E-state index contributed by atoms with van der Waals surface area (Å²) in [5.41, 5.74) is -0.00383. The van der Waals surface area contributed by atoms with E-state index in [0.717, 1.165) is 17.8 Å². The zero-order chi connectivity index (χ0) is 20.4. The first-order chi connectivity index (χ1) is 13.3. The van der Waals surface area contributed by atoms with Gasteiger partial charge < -0.3 is 9.80 Å². The van der Waals surface area contributed by atoms with Gasteiger partial charge in [0.25, 0.3) is 17.3 Å². The zero-order valence-corrected chi connectivity index (χ0v) is 15.8. The van der Waals surface area contributed by atoms with Gasteiger partial charge in [0.05, 0.1) is 15.4 Å². The third-order valence-corrected chi connectivity index (χ3v) is 5.00. The van der Waals surface area contributed by atoms with Gasteiger partial charge in [0.1, 0.15) is 5.56 Å². The summed E-state index contributed by atoms with van der Waals surface area (Å²) < 4.78 is 0. The number of hydrogen-bond acceptors (Lipinski definition) is 6. The second kappa shape index (κ2) is 7.81. The Morgan fingerprint density at radius 2 is 1.46 bits per heavy atom. The van der Waals surface area contributed by atoms with Crippen LogP contribution < -0.4 is 4.90 Å². The molecule has 1 saturated heterocycles. The summed E-state index contributed by atoms with van der Waals surface area (Å²) in [6, 6.07) is 9.59. The van der Waals surface area contributed by atoms with Crippen molar-refractivity contribution in [1.82, 2.24) is 4.90 Å². The number of piperazine rings is 1. The summed E-state index contributed by atoms with van der Waals surface area (Å²) in [6.07, 6.45) is 0. The van der Waals surface area contributed by atoms with Gasteiger partial charge in [0.2, 0.25) is 0 Å². The van der Waals surface area contributed by atoms with Crippen molar-refractivity contribution in [3.05, 3.63) is 72.8 Å². The molecular formula is C18H17ClN4O5. The molecule has 0 radical (unpaired) electrons. The summed E-state index contributed by atoms with van der Waals surface area (Å²) in [5, 5.41) is 23.1. The number of carbonyl (C=O) groups is 1. The molecule has 146 valence electrons. The Morgan fingerprint density at radius 1 is 0.964 bits per heavy atom. The highest BCUT2D eigenvalue weighted by molar-refractivity contribution is 6.30. The second-order valence-corrected chi connectivity index (χ2v) is 6.85. The number of nitrogens with zero attached hydrogens (tertiary/aromatic N) is 4. The van der Waals surface area contributed by atoms with Gasteiger partial charge in [-0.05, 0) is 31.2 Å². The van der Waals surface area contributed by atoms with Gasteiger partial charge >= 0.3 is 0 Å². The van der Waals surface area contributed by atoms with Crippen LogP contribution in [0.15, 0.2) is 36.4 Å². The smallest absolute Gasteiger partial charge is 0.279 e. The van der Waals surface area contributed by atoms with Crippen LogP contribution in [0.3, 0.4) is 0 Å². The number of halogens is 1. The number of carbonyl (C=O) groups excluding carboxylic acids is 1. The van der Waals surface area contributed by atoms with Crippen LogP contribution in [0.5, 0.6) is 0 Å². The fraction of sp³-hybridized carbons (Fsp3) is 0.278. The van der Waals surface area contributed by atoms with Crippen LogP contribution in [-0.2, 0) is 0 Å². The molecule has 2 aromatic rings. The first kappa shape index (κ1) is 19.6. The minimum absolute atomic E-state index is 0.0519. The molecule has 28 heavy (non-hydrogen) atoms. The highest BCUT2D eigenvalue weighted by Gasteiger charge is 2.28. The lowest BCUT2D eigenvalue weighted by molar-refractivity contribution is -0.395. The summed E-state index contributed by atoms with van der Waals surface area (Å²) in [4.78, 5) is 37.4. The van der Waals surface area contributed by atoms with Gasteiger partial charge in [0, 0.05) is 49.0 Å². The average molecular weight is 405 g/mol. The van der Waals surface area contributed by atoms with Crippen LogP contribution in [0.25, 0.3) is 0 Å². The molecule has 0 atom stereocenters. The SMILES string of the molecule is Cc1c([N+](=O)[O-])cc(C(=O)N2CCN(c3ccc(Cl)cc3)CC2)cc1[N+](=O)[O-]. The number of amides is 1. The van der Waals surface area contributed by atoms with Crippen molar-refractivity contribution in [3.63, 3.8) is 0 Å². The Labute approximate surface area is 165 Å². The summed E-state index contributed by atoms with van der Waals surface area (Å²) >= 11 is 5.90. The van der Waals surface area contributed by atoms with E-state index >= 15 is 0 Å².